The van der Waals surface area contributed by atoms with Gasteiger partial charge in [0.15, 0.2) is 0 Å². The molecule has 1 aliphatic rings. The van der Waals surface area contributed by atoms with Crippen molar-refractivity contribution in [1.82, 2.24) is 9.97 Å². The van der Waals surface area contributed by atoms with Gasteiger partial charge < -0.3 is 4.90 Å². The van der Waals surface area contributed by atoms with E-state index < -0.39 is 0 Å². The van der Waals surface area contributed by atoms with Gasteiger partial charge in [-0.1, -0.05) is 6.42 Å². The molecule has 1 aromatic heterocycles. The molecule has 0 aromatic carbocycles. The maximum atomic E-state index is 4.37. The molecular weight excluding hydrogens is 206 g/mol. The molecule has 1 fully saturated rings. The molecular formula is C11H17N3S. The van der Waals surface area contributed by atoms with Crippen molar-refractivity contribution in [2.24, 2.45) is 0 Å². The van der Waals surface area contributed by atoms with Gasteiger partial charge in [-0.25, -0.2) is 4.98 Å². The minimum absolute atomic E-state index is 0.745. The Morgan fingerprint density at radius 2 is 2.33 bits per heavy atom. The second kappa shape index (κ2) is 5.35. The lowest BCUT2D eigenvalue weighted by Crippen LogP contribution is -2.30. The third-order valence-corrected chi connectivity index (χ3v) is 3.89. The summed E-state index contributed by atoms with van der Waals surface area (Å²) in [6, 6.07) is 0. The van der Waals surface area contributed by atoms with Crippen LogP contribution < -0.4 is 4.90 Å². The van der Waals surface area contributed by atoms with E-state index in [1.54, 1.807) is 12.4 Å². The van der Waals surface area contributed by atoms with Crippen molar-refractivity contribution in [1.29, 1.82) is 0 Å². The van der Waals surface area contributed by atoms with E-state index in [4.69, 9.17) is 0 Å². The maximum absolute atomic E-state index is 4.37. The largest absolute Gasteiger partial charge is 0.354 e. The van der Waals surface area contributed by atoms with Crippen LogP contribution in [0.2, 0.25) is 0 Å². The molecule has 1 aromatic rings. The molecule has 0 aliphatic carbocycles. The molecule has 1 unspecified atom stereocenters. The lowest BCUT2D eigenvalue weighted by atomic mass is 10.2. The lowest BCUT2D eigenvalue weighted by Gasteiger charge is -2.23. The number of nitrogens with zero attached hydrogens (tertiary/aromatic N) is 3. The van der Waals surface area contributed by atoms with Gasteiger partial charge in [-0.15, -0.1) is 0 Å². The first kappa shape index (κ1) is 10.7. The van der Waals surface area contributed by atoms with Crippen molar-refractivity contribution in [2.75, 3.05) is 24.2 Å². The van der Waals surface area contributed by atoms with Gasteiger partial charge in [0, 0.05) is 30.7 Å². The number of hydrogen-bond donors (Lipinski definition) is 0. The minimum Gasteiger partial charge on any atom is -0.354 e. The molecule has 0 saturated carbocycles. The molecule has 0 spiro atoms. The molecule has 82 valence electrons. The Morgan fingerprint density at radius 3 is 3.07 bits per heavy atom. The Balaban J connectivity index is 2.07. The Labute approximate surface area is 95.3 Å². The number of thioether (sulfide) groups is 1. The Kier molecular flexibility index (Phi) is 3.83. The fourth-order valence-corrected chi connectivity index (χ4v) is 2.69. The van der Waals surface area contributed by atoms with E-state index in [0.717, 1.165) is 24.2 Å². The first-order chi connectivity index (χ1) is 7.40. The van der Waals surface area contributed by atoms with Crippen molar-refractivity contribution >= 4 is 17.6 Å². The standard InChI is InChI=1S/C11H17N3S/c1-15-10-4-2-3-7-14(9-10)11-8-12-5-6-13-11/h5-6,8,10H,2-4,7,9H2,1H3. The fourth-order valence-electron chi connectivity index (χ4n) is 1.96. The van der Waals surface area contributed by atoms with Crippen molar-refractivity contribution in [2.45, 2.75) is 24.5 Å². The first-order valence-electron chi connectivity index (χ1n) is 5.44. The molecule has 1 atom stereocenters. The molecule has 2 heterocycles. The predicted octanol–water partition coefficient (Wildman–Crippen LogP) is 2.20. The molecule has 15 heavy (non-hydrogen) atoms. The zero-order valence-electron chi connectivity index (χ0n) is 9.09. The molecule has 3 nitrogen and oxygen atoms in total. The zero-order chi connectivity index (χ0) is 10.5. The summed E-state index contributed by atoms with van der Waals surface area (Å²) in [6.07, 6.45) is 11.5. The number of aromatic nitrogens is 2. The minimum atomic E-state index is 0.745. The van der Waals surface area contributed by atoms with Crippen LogP contribution in [0.5, 0.6) is 0 Å². The van der Waals surface area contributed by atoms with Gasteiger partial charge in [0.05, 0.1) is 6.20 Å². The highest BCUT2D eigenvalue weighted by atomic mass is 32.2. The average Bonchev–Trinajstić information content (AvgIpc) is 2.55. The number of hydrogen-bond acceptors (Lipinski definition) is 4. The van der Waals surface area contributed by atoms with Crippen LogP contribution in [-0.4, -0.2) is 34.6 Å². The fraction of sp³-hybridized carbons (Fsp3) is 0.636. The monoisotopic (exact) mass is 223 g/mol. The third-order valence-electron chi connectivity index (χ3n) is 2.84. The molecule has 0 radical (unpaired) electrons. The second-order valence-electron chi connectivity index (χ2n) is 3.86. The Hall–Kier alpha value is -0.770. The van der Waals surface area contributed by atoms with E-state index in [0.29, 0.717) is 0 Å². The quantitative estimate of drug-likeness (QED) is 0.768. The maximum Gasteiger partial charge on any atom is 0.147 e. The topological polar surface area (TPSA) is 29.0 Å². The molecule has 0 N–H and O–H groups in total. The van der Waals surface area contributed by atoms with Crippen molar-refractivity contribution in [3.63, 3.8) is 0 Å². The molecule has 4 heteroatoms. The van der Waals surface area contributed by atoms with E-state index in [-0.39, 0.29) is 0 Å². The third kappa shape index (κ3) is 2.84. The molecule has 0 amide bonds. The van der Waals surface area contributed by atoms with Gasteiger partial charge in [-0.2, -0.15) is 11.8 Å². The Morgan fingerprint density at radius 1 is 1.40 bits per heavy atom. The molecule has 0 bridgehead atoms. The number of anilines is 1. The van der Waals surface area contributed by atoms with Gasteiger partial charge in [0.2, 0.25) is 0 Å². The van der Waals surface area contributed by atoms with Gasteiger partial charge in [0.25, 0.3) is 0 Å². The van der Waals surface area contributed by atoms with E-state index in [9.17, 15) is 0 Å². The van der Waals surface area contributed by atoms with Crippen LogP contribution in [0.1, 0.15) is 19.3 Å². The summed E-state index contributed by atoms with van der Waals surface area (Å²) >= 11 is 1.97. The molecule has 1 aliphatic heterocycles. The summed E-state index contributed by atoms with van der Waals surface area (Å²) in [4.78, 5) is 10.9. The van der Waals surface area contributed by atoms with Gasteiger partial charge in [-0.3, -0.25) is 4.98 Å². The second-order valence-corrected chi connectivity index (χ2v) is 5.00. The highest BCUT2D eigenvalue weighted by Crippen LogP contribution is 2.22. The van der Waals surface area contributed by atoms with Gasteiger partial charge >= 0.3 is 0 Å². The number of rotatable bonds is 2. The first-order valence-corrected chi connectivity index (χ1v) is 6.72. The average molecular weight is 223 g/mol. The van der Waals surface area contributed by atoms with Crippen molar-refractivity contribution < 1.29 is 0 Å². The van der Waals surface area contributed by atoms with E-state index >= 15 is 0 Å². The van der Waals surface area contributed by atoms with Crippen molar-refractivity contribution in [3.05, 3.63) is 18.6 Å². The van der Waals surface area contributed by atoms with Gasteiger partial charge in [0.1, 0.15) is 5.82 Å². The highest BCUT2D eigenvalue weighted by Gasteiger charge is 2.18. The summed E-state index contributed by atoms with van der Waals surface area (Å²) in [5.41, 5.74) is 0. The normalized spacial score (nSPS) is 22.5. The van der Waals surface area contributed by atoms with E-state index in [1.165, 1.54) is 19.3 Å². The smallest absolute Gasteiger partial charge is 0.147 e. The summed E-state index contributed by atoms with van der Waals surface area (Å²) in [7, 11) is 0. The summed E-state index contributed by atoms with van der Waals surface area (Å²) in [5, 5.41) is 0.745. The van der Waals surface area contributed by atoms with Crippen LogP contribution >= 0.6 is 11.8 Å². The van der Waals surface area contributed by atoms with Crippen LogP contribution in [0.25, 0.3) is 0 Å². The van der Waals surface area contributed by atoms with Crippen LogP contribution in [0, 0.1) is 0 Å². The summed E-state index contributed by atoms with van der Waals surface area (Å²) in [5.74, 6) is 1.03. The van der Waals surface area contributed by atoms with Crippen molar-refractivity contribution in [3.8, 4) is 0 Å². The van der Waals surface area contributed by atoms with Gasteiger partial charge in [-0.05, 0) is 19.1 Å². The lowest BCUT2D eigenvalue weighted by molar-refractivity contribution is 0.736. The predicted molar refractivity (Wildman–Crippen MR) is 65.4 cm³/mol. The van der Waals surface area contributed by atoms with E-state index in [1.807, 2.05) is 18.0 Å². The summed E-state index contributed by atoms with van der Waals surface area (Å²) < 4.78 is 0. The van der Waals surface area contributed by atoms with Crippen LogP contribution in [0.3, 0.4) is 0 Å². The molecule has 2 rings (SSSR count). The summed E-state index contributed by atoms with van der Waals surface area (Å²) in [6.45, 7) is 2.23. The van der Waals surface area contributed by atoms with Crippen LogP contribution in [-0.2, 0) is 0 Å². The SMILES string of the molecule is CSC1CCCCN(c2cnccn2)C1. The molecule has 1 saturated heterocycles. The highest BCUT2D eigenvalue weighted by molar-refractivity contribution is 7.99. The van der Waals surface area contributed by atoms with Crippen LogP contribution in [0.15, 0.2) is 18.6 Å². The van der Waals surface area contributed by atoms with Crippen LogP contribution in [0.4, 0.5) is 5.82 Å². The zero-order valence-corrected chi connectivity index (χ0v) is 9.91. The van der Waals surface area contributed by atoms with E-state index in [2.05, 4.69) is 21.1 Å². The Bertz CT molecular complexity index is 291.